The van der Waals surface area contributed by atoms with Gasteiger partial charge in [0.15, 0.2) is 5.69 Å². The normalized spacial score (nSPS) is 10.1. The van der Waals surface area contributed by atoms with Crippen molar-refractivity contribution in [3.8, 4) is 0 Å². The quantitative estimate of drug-likeness (QED) is 0.645. The number of hydrogen-bond donors (Lipinski definition) is 1. The van der Waals surface area contributed by atoms with Crippen LogP contribution in [0.25, 0.3) is 10.9 Å². The smallest absolute Gasteiger partial charge is 0.359 e. The zero-order chi connectivity index (χ0) is 12.3. The molecular weight excluding hydrogens is 216 g/mol. The topological polar surface area (TPSA) is 65.2 Å². The van der Waals surface area contributed by atoms with Crippen molar-refractivity contribution in [2.24, 2.45) is 0 Å². The number of esters is 1. The van der Waals surface area contributed by atoms with Crippen LogP contribution in [0.15, 0.2) is 43.0 Å². The number of anilines is 1. The van der Waals surface area contributed by atoms with Gasteiger partial charge in [-0.1, -0.05) is 30.9 Å². The second-order valence-electron chi connectivity index (χ2n) is 3.51. The molecule has 86 valence electrons. The Hall–Kier alpha value is -2.36. The van der Waals surface area contributed by atoms with Crippen molar-refractivity contribution < 1.29 is 9.53 Å². The van der Waals surface area contributed by atoms with Gasteiger partial charge in [0.2, 0.25) is 0 Å². The predicted octanol–water partition coefficient (Wildman–Crippen LogP) is 2.16. The number of pyridine rings is 1. The Labute approximate surface area is 98.7 Å². The van der Waals surface area contributed by atoms with Gasteiger partial charge in [0.05, 0.1) is 11.2 Å². The SMILES string of the molecule is C=CCOC(=O)c1nc2ccccc2cc1N. The Morgan fingerprint density at radius 1 is 1.47 bits per heavy atom. The monoisotopic (exact) mass is 228 g/mol. The molecule has 2 N–H and O–H groups in total. The summed E-state index contributed by atoms with van der Waals surface area (Å²) in [6.45, 7) is 3.62. The molecule has 1 heterocycles. The van der Waals surface area contributed by atoms with E-state index in [-0.39, 0.29) is 12.3 Å². The van der Waals surface area contributed by atoms with Crippen molar-refractivity contribution in [3.63, 3.8) is 0 Å². The highest BCUT2D eigenvalue weighted by atomic mass is 16.5. The van der Waals surface area contributed by atoms with Crippen molar-refractivity contribution in [2.45, 2.75) is 0 Å². The van der Waals surface area contributed by atoms with Gasteiger partial charge in [-0.15, -0.1) is 0 Å². The summed E-state index contributed by atoms with van der Waals surface area (Å²) in [7, 11) is 0. The number of nitrogen functional groups attached to an aromatic ring is 1. The lowest BCUT2D eigenvalue weighted by Crippen LogP contribution is -2.10. The number of carbonyl (C=O) groups excluding carboxylic acids is 1. The zero-order valence-corrected chi connectivity index (χ0v) is 9.22. The van der Waals surface area contributed by atoms with Crippen LogP contribution in [-0.2, 0) is 4.74 Å². The first-order chi connectivity index (χ1) is 8.22. The summed E-state index contributed by atoms with van der Waals surface area (Å²) in [5.41, 5.74) is 6.95. The molecule has 0 bridgehead atoms. The second kappa shape index (κ2) is 4.65. The summed E-state index contributed by atoms with van der Waals surface area (Å²) in [6, 6.07) is 9.16. The van der Waals surface area contributed by atoms with Crippen LogP contribution in [0.5, 0.6) is 0 Å². The fourth-order valence-corrected chi connectivity index (χ4v) is 1.50. The summed E-state index contributed by atoms with van der Waals surface area (Å²) < 4.78 is 4.91. The van der Waals surface area contributed by atoms with Crippen LogP contribution in [0.2, 0.25) is 0 Å². The lowest BCUT2D eigenvalue weighted by atomic mass is 10.2. The average molecular weight is 228 g/mol. The molecule has 0 aliphatic heterocycles. The Balaban J connectivity index is 2.43. The third-order valence-electron chi connectivity index (χ3n) is 2.28. The molecule has 0 saturated heterocycles. The average Bonchev–Trinajstić information content (AvgIpc) is 2.35. The number of nitrogens with zero attached hydrogens (tertiary/aromatic N) is 1. The number of rotatable bonds is 3. The molecule has 0 aliphatic rings. The van der Waals surface area contributed by atoms with Crippen molar-refractivity contribution >= 4 is 22.6 Å². The largest absolute Gasteiger partial charge is 0.457 e. The van der Waals surface area contributed by atoms with Crippen LogP contribution >= 0.6 is 0 Å². The van der Waals surface area contributed by atoms with Gasteiger partial charge in [-0.2, -0.15) is 0 Å². The molecule has 0 radical (unpaired) electrons. The number of fused-ring (bicyclic) bond motifs is 1. The van der Waals surface area contributed by atoms with Crippen LogP contribution in [0.3, 0.4) is 0 Å². The Kier molecular flexibility index (Phi) is 3.05. The van der Waals surface area contributed by atoms with E-state index in [1.807, 2.05) is 24.3 Å². The summed E-state index contributed by atoms with van der Waals surface area (Å²) in [5, 5.41) is 0.894. The highest BCUT2D eigenvalue weighted by Gasteiger charge is 2.13. The van der Waals surface area contributed by atoms with Gasteiger partial charge in [0.25, 0.3) is 0 Å². The van der Waals surface area contributed by atoms with E-state index in [2.05, 4.69) is 11.6 Å². The fraction of sp³-hybridized carbons (Fsp3) is 0.0769. The van der Waals surface area contributed by atoms with Crippen LogP contribution in [-0.4, -0.2) is 17.6 Å². The molecule has 4 heteroatoms. The van der Waals surface area contributed by atoms with E-state index in [4.69, 9.17) is 10.5 Å². The Morgan fingerprint density at radius 3 is 3.00 bits per heavy atom. The molecule has 0 fully saturated rings. The molecule has 0 amide bonds. The van der Waals surface area contributed by atoms with E-state index >= 15 is 0 Å². The molecule has 0 aliphatic carbocycles. The summed E-state index contributed by atoms with van der Waals surface area (Å²) in [4.78, 5) is 15.8. The molecule has 0 spiro atoms. The standard InChI is InChI=1S/C13H12N2O2/c1-2-7-17-13(16)12-10(14)8-9-5-3-4-6-11(9)15-12/h2-6,8H,1,7,14H2. The number of para-hydroxylation sites is 1. The second-order valence-corrected chi connectivity index (χ2v) is 3.51. The van der Waals surface area contributed by atoms with Crippen LogP contribution in [0.4, 0.5) is 5.69 Å². The molecule has 0 unspecified atom stereocenters. The maximum atomic E-state index is 11.7. The van der Waals surface area contributed by atoms with Crippen molar-refractivity contribution in [1.82, 2.24) is 4.98 Å². The summed E-state index contributed by atoms with van der Waals surface area (Å²) in [6.07, 6.45) is 1.50. The molecule has 2 rings (SSSR count). The van der Waals surface area contributed by atoms with Crippen molar-refractivity contribution in [1.29, 1.82) is 0 Å². The minimum Gasteiger partial charge on any atom is -0.457 e. The van der Waals surface area contributed by atoms with Crippen LogP contribution in [0, 0.1) is 0 Å². The lowest BCUT2D eigenvalue weighted by molar-refractivity contribution is 0.0545. The first-order valence-electron chi connectivity index (χ1n) is 5.15. The Morgan fingerprint density at radius 2 is 2.24 bits per heavy atom. The molecule has 0 saturated carbocycles. The molecule has 1 aromatic carbocycles. The number of aromatic nitrogens is 1. The molecule has 0 atom stereocenters. The highest BCUT2D eigenvalue weighted by molar-refractivity contribution is 5.97. The molecular formula is C13H12N2O2. The highest BCUT2D eigenvalue weighted by Crippen LogP contribution is 2.18. The number of hydrogen-bond acceptors (Lipinski definition) is 4. The number of benzene rings is 1. The van der Waals surface area contributed by atoms with E-state index < -0.39 is 5.97 Å². The van der Waals surface area contributed by atoms with E-state index in [1.165, 1.54) is 6.08 Å². The lowest BCUT2D eigenvalue weighted by Gasteiger charge is -2.06. The third kappa shape index (κ3) is 2.25. The van der Waals surface area contributed by atoms with Gasteiger partial charge >= 0.3 is 5.97 Å². The van der Waals surface area contributed by atoms with Gasteiger partial charge in [0, 0.05) is 5.39 Å². The van der Waals surface area contributed by atoms with E-state index in [0.29, 0.717) is 11.2 Å². The van der Waals surface area contributed by atoms with Crippen LogP contribution < -0.4 is 5.73 Å². The number of ether oxygens (including phenoxy) is 1. The fourth-order valence-electron chi connectivity index (χ4n) is 1.50. The number of nitrogens with two attached hydrogens (primary N) is 1. The first-order valence-corrected chi connectivity index (χ1v) is 5.15. The summed E-state index contributed by atoms with van der Waals surface area (Å²) >= 11 is 0. The summed E-state index contributed by atoms with van der Waals surface area (Å²) in [5.74, 6) is -0.534. The van der Waals surface area contributed by atoms with Crippen molar-refractivity contribution in [3.05, 3.63) is 48.7 Å². The minimum absolute atomic E-state index is 0.144. The van der Waals surface area contributed by atoms with Gasteiger partial charge in [-0.25, -0.2) is 9.78 Å². The molecule has 2 aromatic rings. The zero-order valence-electron chi connectivity index (χ0n) is 9.22. The number of carbonyl (C=O) groups is 1. The van der Waals surface area contributed by atoms with Gasteiger partial charge in [-0.05, 0) is 12.1 Å². The third-order valence-corrected chi connectivity index (χ3v) is 2.28. The van der Waals surface area contributed by atoms with Gasteiger partial charge in [0.1, 0.15) is 6.61 Å². The Bertz CT molecular complexity index is 579. The van der Waals surface area contributed by atoms with E-state index in [9.17, 15) is 4.79 Å². The van der Waals surface area contributed by atoms with E-state index in [1.54, 1.807) is 6.07 Å². The van der Waals surface area contributed by atoms with Crippen molar-refractivity contribution in [2.75, 3.05) is 12.3 Å². The van der Waals surface area contributed by atoms with Gasteiger partial charge in [-0.3, -0.25) is 0 Å². The predicted molar refractivity (Wildman–Crippen MR) is 66.6 cm³/mol. The molecule has 17 heavy (non-hydrogen) atoms. The maximum Gasteiger partial charge on any atom is 0.359 e. The maximum absolute atomic E-state index is 11.7. The minimum atomic E-state index is -0.534. The van der Waals surface area contributed by atoms with Gasteiger partial charge < -0.3 is 10.5 Å². The molecule has 1 aromatic heterocycles. The van der Waals surface area contributed by atoms with E-state index in [0.717, 1.165) is 5.39 Å². The molecule has 4 nitrogen and oxygen atoms in total. The van der Waals surface area contributed by atoms with Crippen LogP contribution in [0.1, 0.15) is 10.5 Å². The first kappa shape index (κ1) is 11.1.